The summed E-state index contributed by atoms with van der Waals surface area (Å²) < 4.78 is 10.7. The van der Waals surface area contributed by atoms with Crippen LogP contribution in [0.15, 0.2) is 30.3 Å². The summed E-state index contributed by atoms with van der Waals surface area (Å²) in [6, 6.07) is 11.1. The van der Waals surface area contributed by atoms with Crippen LogP contribution in [0.1, 0.15) is 47.7 Å². The minimum absolute atomic E-state index is 0.232. The summed E-state index contributed by atoms with van der Waals surface area (Å²) in [6.45, 7) is 3.28. The van der Waals surface area contributed by atoms with E-state index in [0.717, 1.165) is 31.6 Å². The average Bonchev–Trinajstić information content (AvgIpc) is 2.64. The van der Waals surface area contributed by atoms with E-state index in [4.69, 9.17) is 9.47 Å². The van der Waals surface area contributed by atoms with E-state index in [-0.39, 0.29) is 5.75 Å². The van der Waals surface area contributed by atoms with Crippen molar-refractivity contribution in [3.8, 4) is 17.2 Å². The van der Waals surface area contributed by atoms with Crippen molar-refractivity contribution >= 4 is 0 Å². The number of rotatable bonds is 3. The molecule has 4 nitrogen and oxygen atoms in total. The first-order valence-electron chi connectivity index (χ1n) is 8.98. The minimum Gasteiger partial charge on any atom is -0.504 e. The van der Waals surface area contributed by atoms with Crippen molar-refractivity contribution < 1.29 is 14.6 Å². The molecule has 0 aliphatic carbocycles. The van der Waals surface area contributed by atoms with E-state index in [1.54, 1.807) is 14.2 Å². The second kappa shape index (κ2) is 6.26. The van der Waals surface area contributed by atoms with Crippen LogP contribution in [0.2, 0.25) is 0 Å². The normalized spacial score (nSPS) is 21.9. The first-order chi connectivity index (χ1) is 12.2. The third-order valence-electron chi connectivity index (χ3n) is 5.75. The monoisotopic (exact) mass is 339 g/mol. The second-order valence-electron chi connectivity index (χ2n) is 6.92. The third kappa shape index (κ3) is 2.56. The van der Waals surface area contributed by atoms with Crippen LogP contribution < -0.4 is 9.47 Å². The lowest BCUT2D eigenvalue weighted by Crippen LogP contribution is -2.42. The molecule has 2 aromatic carbocycles. The number of phenolic OH excluding ortho intramolecular Hbond substituents is 1. The van der Waals surface area contributed by atoms with E-state index < -0.39 is 0 Å². The SMILES string of the molecule is CC[C@H]1c2cc(OC)c(O)cc2C[C@H]2c3ccc(OC)cc3CCN12. The van der Waals surface area contributed by atoms with Gasteiger partial charge in [0.2, 0.25) is 0 Å². The van der Waals surface area contributed by atoms with Gasteiger partial charge in [0.25, 0.3) is 0 Å². The molecule has 1 N–H and O–H groups in total. The third-order valence-corrected chi connectivity index (χ3v) is 5.75. The van der Waals surface area contributed by atoms with Gasteiger partial charge in [-0.15, -0.1) is 0 Å². The van der Waals surface area contributed by atoms with E-state index >= 15 is 0 Å². The predicted octanol–water partition coefficient (Wildman–Crippen LogP) is 4.02. The van der Waals surface area contributed by atoms with Crippen LogP contribution in [-0.2, 0) is 12.8 Å². The van der Waals surface area contributed by atoms with Gasteiger partial charge in [-0.2, -0.15) is 0 Å². The van der Waals surface area contributed by atoms with E-state index in [2.05, 4.69) is 30.0 Å². The van der Waals surface area contributed by atoms with Crippen molar-refractivity contribution in [3.05, 3.63) is 52.6 Å². The van der Waals surface area contributed by atoms with Gasteiger partial charge >= 0.3 is 0 Å². The van der Waals surface area contributed by atoms with Crippen LogP contribution in [0.5, 0.6) is 17.2 Å². The zero-order valence-corrected chi connectivity index (χ0v) is 15.1. The fourth-order valence-electron chi connectivity index (χ4n) is 4.55. The maximum atomic E-state index is 10.2. The van der Waals surface area contributed by atoms with E-state index in [0.29, 0.717) is 17.8 Å². The molecular formula is C21H25NO3. The highest BCUT2D eigenvalue weighted by molar-refractivity contribution is 5.50. The lowest BCUT2D eigenvalue weighted by atomic mass is 9.80. The predicted molar refractivity (Wildman–Crippen MR) is 97.5 cm³/mol. The number of methoxy groups -OCH3 is 2. The van der Waals surface area contributed by atoms with Crippen LogP contribution in [0, 0.1) is 0 Å². The Labute approximate surface area is 149 Å². The van der Waals surface area contributed by atoms with Crippen LogP contribution >= 0.6 is 0 Å². The number of nitrogens with zero attached hydrogens (tertiary/aromatic N) is 1. The summed E-state index contributed by atoms with van der Waals surface area (Å²) in [5, 5.41) is 10.2. The standard InChI is InChI=1S/C21H25NO3/c1-4-18-17-12-21(25-3)20(23)11-14(17)10-19-16-6-5-15(24-2)9-13(16)7-8-22(18)19/h5-6,9,11-12,18-19,23H,4,7-8,10H2,1-3H3/t18-,19-/m0/s1. The van der Waals surface area contributed by atoms with Crippen molar-refractivity contribution in [2.75, 3.05) is 20.8 Å². The zero-order valence-electron chi connectivity index (χ0n) is 15.1. The van der Waals surface area contributed by atoms with Crippen molar-refractivity contribution in [1.29, 1.82) is 0 Å². The Morgan fingerprint density at radius 3 is 2.64 bits per heavy atom. The molecule has 0 spiro atoms. The molecule has 0 amide bonds. The molecule has 2 aromatic rings. The number of ether oxygens (including phenoxy) is 2. The number of fused-ring (bicyclic) bond motifs is 4. The maximum Gasteiger partial charge on any atom is 0.160 e. The number of hydrogen-bond acceptors (Lipinski definition) is 4. The Hall–Kier alpha value is -2.20. The molecule has 0 radical (unpaired) electrons. The molecule has 2 aliphatic heterocycles. The van der Waals surface area contributed by atoms with Crippen molar-refractivity contribution in [3.63, 3.8) is 0 Å². The molecule has 132 valence electrons. The zero-order chi connectivity index (χ0) is 17.6. The van der Waals surface area contributed by atoms with E-state index in [9.17, 15) is 5.11 Å². The Balaban J connectivity index is 1.80. The summed E-state index contributed by atoms with van der Waals surface area (Å²) in [5.41, 5.74) is 5.31. The Morgan fingerprint density at radius 2 is 1.92 bits per heavy atom. The van der Waals surface area contributed by atoms with Gasteiger partial charge in [0, 0.05) is 18.6 Å². The summed E-state index contributed by atoms with van der Waals surface area (Å²) in [5.74, 6) is 1.73. The van der Waals surface area contributed by atoms with E-state index in [1.807, 2.05) is 12.1 Å². The maximum absolute atomic E-state index is 10.2. The number of aromatic hydroxyl groups is 1. The summed E-state index contributed by atoms with van der Waals surface area (Å²) >= 11 is 0. The lowest BCUT2D eigenvalue weighted by molar-refractivity contribution is 0.103. The summed E-state index contributed by atoms with van der Waals surface area (Å²) in [7, 11) is 3.33. The highest BCUT2D eigenvalue weighted by atomic mass is 16.5. The Kier molecular flexibility index (Phi) is 4.08. The molecule has 2 aliphatic rings. The largest absolute Gasteiger partial charge is 0.504 e. The Morgan fingerprint density at radius 1 is 1.08 bits per heavy atom. The van der Waals surface area contributed by atoms with Crippen molar-refractivity contribution in [1.82, 2.24) is 4.90 Å². The van der Waals surface area contributed by atoms with Gasteiger partial charge in [-0.05, 0) is 65.8 Å². The van der Waals surface area contributed by atoms with Gasteiger partial charge < -0.3 is 14.6 Å². The molecular weight excluding hydrogens is 314 g/mol. The molecule has 0 aromatic heterocycles. The van der Waals surface area contributed by atoms with Crippen LogP contribution in [-0.4, -0.2) is 30.8 Å². The molecule has 4 rings (SSSR count). The van der Waals surface area contributed by atoms with Gasteiger partial charge in [-0.25, -0.2) is 0 Å². The quantitative estimate of drug-likeness (QED) is 0.917. The molecule has 0 bridgehead atoms. The molecule has 2 atom stereocenters. The topological polar surface area (TPSA) is 41.9 Å². The smallest absolute Gasteiger partial charge is 0.160 e. The van der Waals surface area contributed by atoms with Gasteiger partial charge in [0.05, 0.1) is 14.2 Å². The Bertz CT molecular complexity index is 802. The molecule has 0 unspecified atom stereocenters. The molecule has 0 fully saturated rings. The van der Waals surface area contributed by atoms with Gasteiger partial charge in [0.1, 0.15) is 5.75 Å². The first-order valence-corrected chi connectivity index (χ1v) is 8.98. The molecule has 0 saturated carbocycles. The van der Waals surface area contributed by atoms with Gasteiger partial charge in [-0.3, -0.25) is 4.90 Å². The van der Waals surface area contributed by atoms with Crippen LogP contribution in [0.4, 0.5) is 0 Å². The highest BCUT2D eigenvalue weighted by Gasteiger charge is 2.38. The minimum atomic E-state index is 0.232. The number of benzene rings is 2. The average molecular weight is 339 g/mol. The van der Waals surface area contributed by atoms with Gasteiger partial charge in [-0.1, -0.05) is 13.0 Å². The van der Waals surface area contributed by atoms with E-state index in [1.165, 1.54) is 22.3 Å². The fraction of sp³-hybridized carbons (Fsp3) is 0.429. The molecule has 2 heterocycles. The highest BCUT2D eigenvalue weighted by Crippen LogP contribution is 2.47. The van der Waals surface area contributed by atoms with Crippen LogP contribution in [0.3, 0.4) is 0 Å². The van der Waals surface area contributed by atoms with Crippen molar-refractivity contribution in [2.24, 2.45) is 0 Å². The molecule has 25 heavy (non-hydrogen) atoms. The van der Waals surface area contributed by atoms with Crippen LogP contribution in [0.25, 0.3) is 0 Å². The van der Waals surface area contributed by atoms with Gasteiger partial charge in [0.15, 0.2) is 11.5 Å². The second-order valence-corrected chi connectivity index (χ2v) is 6.92. The first kappa shape index (κ1) is 16.3. The summed E-state index contributed by atoms with van der Waals surface area (Å²) in [6.07, 6.45) is 3.01. The number of phenols is 1. The fourth-order valence-corrected chi connectivity index (χ4v) is 4.55. The lowest BCUT2D eigenvalue weighted by Gasteiger charge is -2.46. The molecule has 4 heteroatoms. The van der Waals surface area contributed by atoms with Crippen molar-refractivity contribution in [2.45, 2.75) is 38.3 Å². The molecule has 0 saturated heterocycles. The summed E-state index contributed by atoms with van der Waals surface area (Å²) in [4.78, 5) is 2.62. The number of hydrogen-bond donors (Lipinski definition) is 1.